The van der Waals surface area contributed by atoms with E-state index in [-0.39, 0.29) is 11.7 Å². The second-order valence-electron chi connectivity index (χ2n) is 4.76. The van der Waals surface area contributed by atoms with Gasteiger partial charge < -0.3 is 5.32 Å². The monoisotopic (exact) mass is 279 g/mol. The van der Waals surface area contributed by atoms with Crippen LogP contribution in [0.3, 0.4) is 0 Å². The Morgan fingerprint density at radius 1 is 1.00 bits per heavy atom. The third kappa shape index (κ3) is 2.43. The van der Waals surface area contributed by atoms with Crippen molar-refractivity contribution < 1.29 is 8.78 Å². The number of anilines is 1. The molecule has 0 heterocycles. The van der Waals surface area contributed by atoms with Gasteiger partial charge in [-0.15, -0.1) is 0 Å². The first-order valence-electron chi connectivity index (χ1n) is 6.11. The van der Waals surface area contributed by atoms with E-state index in [0.717, 1.165) is 18.4 Å². The molecule has 4 heteroatoms. The van der Waals surface area contributed by atoms with E-state index in [4.69, 9.17) is 11.6 Å². The predicted molar refractivity (Wildman–Crippen MR) is 72.6 cm³/mol. The Labute approximate surface area is 115 Å². The Morgan fingerprint density at radius 2 is 1.68 bits per heavy atom. The Morgan fingerprint density at radius 3 is 2.42 bits per heavy atom. The second-order valence-corrected chi connectivity index (χ2v) is 5.20. The lowest BCUT2D eigenvalue weighted by Crippen LogP contribution is -2.21. The summed E-state index contributed by atoms with van der Waals surface area (Å²) >= 11 is 5.94. The highest BCUT2D eigenvalue weighted by Crippen LogP contribution is 2.28. The van der Waals surface area contributed by atoms with Crippen molar-refractivity contribution in [3.05, 3.63) is 64.2 Å². The first-order chi connectivity index (χ1) is 9.13. The Hall–Kier alpha value is -1.61. The molecule has 19 heavy (non-hydrogen) atoms. The Bertz CT molecular complexity index is 607. The van der Waals surface area contributed by atoms with Gasteiger partial charge in [0.15, 0.2) is 0 Å². The molecule has 0 bridgehead atoms. The van der Waals surface area contributed by atoms with Crippen LogP contribution in [0.15, 0.2) is 36.4 Å². The fourth-order valence-corrected chi connectivity index (χ4v) is 2.72. The largest absolute Gasteiger partial charge is 0.377 e. The molecule has 1 N–H and O–H groups in total. The van der Waals surface area contributed by atoms with Gasteiger partial charge in [0.2, 0.25) is 0 Å². The van der Waals surface area contributed by atoms with Gasteiger partial charge in [0.25, 0.3) is 0 Å². The number of fused-ring (bicyclic) bond motifs is 1. The average Bonchev–Trinajstić information content (AvgIpc) is 2.75. The van der Waals surface area contributed by atoms with Crippen LogP contribution in [0.5, 0.6) is 0 Å². The molecule has 0 saturated carbocycles. The van der Waals surface area contributed by atoms with Crippen LogP contribution in [0.2, 0.25) is 5.02 Å². The van der Waals surface area contributed by atoms with Crippen LogP contribution < -0.4 is 5.32 Å². The quantitative estimate of drug-likeness (QED) is 0.869. The molecular formula is C15H12ClF2N. The number of benzene rings is 2. The van der Waals surface area contributed by atoms with E-state index in [1.165, 1.54) is 23.8 Å². The second kappa shape index (κ2) is 4.82. The summed E-state index contributed by atoms with van der Waals surface area (Å²) in [5, 5.41) is 3.64. The summed E-state index contributed by atoms with van der Waals surface area (Å²) in [6.45, 7) is 0. The van der Waals surface area contributed by atoms with Gasteiger partial charge in [-0.1, -0.05) is 23.7 Å². The van der Waals surface area contributed by atoms with Gasteiger partial charge >= 0.3 is 0 Å². The third-order valence-electron chi connectivity index (χ3n) is 3.41. The fourth-order valence-electron chi connectivity index (χ4n) is 2.53. The molecule has 0 amide bonds. The molecular weight excluding hydrogens is 268 g/mol. The predicted octanol–water partition coefficient (Wildman–Crippen LogP) is 4.20. The highest BCUT2D eigenvalue weighted by atomic mass is 35.5. The summed E-state index contributed by atoms with van der Waals surface area (Å²) in [4.78, 5) is 0. The fraction of sp³-hybridized carbons (Fsp3) is 0.200. The summed E-state index contributed by atoms with van der Waals surface area (Å²) in [5.41, 5.74) is 2.27. The summed E-state index contributed by atoms with van der Waals surface area (Å²) in [6.07, 6.45) is 1.48. The molecule has 0 aliphatic heterocycles. The van der Waals surface area contributed by atoms with E-state index >= 15 is 0 Å². The van der Waals surface area contributed by atoms with Crippen LogP contribution in [-0.2, 0) is 12.8 Å². The molecule has 1 nitrogen and oxygen atoms in total. The molecule has 1 aliphatic rings. The van der Waals surface area contributed by atoms with E-state index < -0.39 is 11.6 Å². The van der Waals surface area contributed by atoms with E-state index in [1.807, 2.05) is 18.2 Å². The molecule has 0 spiro atoms. The topological polar surface area (TPSA) is 12.0 Å². The Balaban J connectivity index is 1.81. The zero-order valence-corrected chi connectivity index (χ0v) is 10.8. The van der Waals surface area contributed by atoms with Crippen LogP contribution >= 0.6 is 11.6 Å². The van der Waals surface area contributed by atoms with Crippen molar-refractivity contribution in [2.75, 3.05) is 5.32 Å². The molecule has 2 aromatic rings. The summed E-state index contributed by atoms with van der Waals surface area (Å²) < 4.78 is 27.1. The molecule has 2 aromatic carbocycles. The van der Waals surface area contributed by atoms with Gasteiger partial charge in [-0.25, -0.2) is 8.78 Å². The first kappa shape index (κ1) is 12.4. The normalized spacial score (nSPS) is 17.3. The van der Waals surface area contributed by atoms with Gasteiger partial charge in [0, 0.05) is 11.1 Å². The molecule has 1 aliphatic carbocycles. The maximum absolute atomic E-state index is 13.6. The number of nitrogens with one attached hydrogen (secondary N) is 1. The maximum Gasteiger partial charge on any atom is 0.149 e. The average molecular weight is 280 g/mol. The molecule has 0 radical (unpaired) electrons. The van der Waals surface area contributed by atoms with Gasteiger partial charge in [-0.3, -0.25) is 0 Å². The standard InChI is InChI=1S/C15H12ClF2N/c16-11-5-4-9-7-12(8-10(9)6-11)19-15-13(17)2-1-3-14(15)18/h1-6,12,19H,7-8H2. The van der Waals surface area contributed by atoms with E-state index in [2.05, 4.69) is 5.32 Å². The number of rotatable bonds is 2. The lowest BCUT2D eigenvalue weighted by atomic mass is 10.1. The zero-order chi connectivity index (χ0) is 13.4. The van der Waals surface area contributed by atoms with Crippen molar-refractivity contribution in [2.24, 2.45) is 0 Å². The van der Waals surface area contributed by atoms with Gasteiger partial charge in [-0.2, -0.15) is 0 Å². The van der Waals surface area contributed by atoms with E-state index in [1.54, 1.807) is 0 Å². The highest BCUT2D eigenvalue weighted by Gasteiger charge is 2.23. The molecule has 3 rings (SSSR count). The number of para-hydroxylation sites is 1. The minimum atomic E-state index is -0.561. The maximum atomic E-state index is 13.6. The Kier molecular flexibility index (Phi) is 3.15. The minimum Gasteiger partial charge on any atom is -0.377 e. The first-order valence-corrected chi connectivity index (χ1v) is 6.49. The van der Waals surface area contributed by atoms with Crippen LogP contribution in [-0.4, -0.2) is 6.04 Å². The lowest BCUT2D eigenvalue weighted by Gasteiger charge is -2.14. The van der Waals surface area contributed by atoms with Crippen LogP contribution in [0.25, 0.3) is 0 Å². The minimum absolute atomic E-state index is 0.000123. The van der Waals surface area contributed by atoms with E-state index in [0.29, 0.717) is 5.02 Å². The molecule has 0 fully saturated rings. The number of hydrogen-bond donors (Lipinski definition) is 1. The molecule has 98 valence electrons. The van der Waals surface area contributed by atoms with Crippen molar-refractivity contribution in [2.45, 2.75) is 18.9 Å². The highest BCUT2D eigenvalue weighted by molar-refractivity contribution is 6.30. The molecule has 0 saturated heterocycles. The van der Waals surface area contributed by atoms with Crippen molar-refractivity contribution in [3.8, 4) is 0 Å². The van der Waals surface area contributed by atoms with Crippen molar-refractivity contribution in [1.29, 1.82) is 0 Å². The van der Waals surface area contributed by atoms with Crippen molar-refractivity contribution in [1.82, 2.24) is 0 Å². The molecule has 1 atom stereocenters. The summed E-state index contributed by atoms with van der Waals surface area (Å²) in [6, 6.07) is 9.59. The number of halogens is 3. The third-order valence-corrected chi connectivity index (χ3v) is 3.65. The van der Waals surface area contributed by atoms with Crippen LogP contribution in [0.1, 0.15) is 11.1 Å². The lowest BCUT2D eigenvalue weighted by molar-refractivity contribution is 0.582. The molecule has 1 unspecified atom stereocenters. The molecule has 0 aromatic heterocycles. The summed E-state index contributed by atoms with van der Waals surface area (Å²) in [5.74, 6) is -1.12. The number of hydrogen-bond acceptors (Lipinski definition) is 1. The zero-order valence-electron chi connectivity index (χ0n) is 10.1. The smallest absolute Gasteiger partial charge is 0.149 e. The van der Waals surface area contributed by atoms with Gasteiger partial charge in [0.05, 0.1) is 0 Å². The van der Waals surface area contributed by atoms with Gasteiger partial charge in [-0.05, 0) is 48.2 Å². The van der Waals surface area contributed by atoms with Crippen LogP contribution in [0.4, 0.5) is 14.5 Å². The van der Waals surface area contributed by atoms with E-state index in [9.17, 15) is 8.78 Å². The van der Waals surface area contributed by atoms with Crippen molar-refractivity contribution >= 4 is 17.3 Å². The SMILES string of the molecule is Fc1cccc(F)c1NC1Cc2ccc(Cl)cc2C1. The van der Waals surface area contributed by atoms with Crippen LogP contribution in [0, 0.1) is 11.6 Å². The van der Waals surface area contributed by atoms with Gasteiger partial charge in [0.1, 0.15) is 17.3 Å². The van der Waals surface area contributed by atoms with Crippen molar-refractivity contribution in [3.63, 3.8) is 0 Å². The summed E-state index contributed by atoms with van der Waals surface area (Å²) in [7, 11) is 0.